The predicted molar refractivity (Wildman–Crippen MR) is 77.6 cm³/mol. The molecule has 0 aromatic heterocycles. The van der Waals surface area contributed by atoms with Crippen molar-refractivity contribution in [2.45, 2.75) is 9.79 Å². The van der Waals surface area contributed by atoms with E-state index >= 15 is 0 Å². The van der Waals surface area contributed by atoms with E-state index in [9.17, 15) is 24.8 Å². The van der Waals surface area contributed by atoms with Crippen LogP contribution in [0.2, 0.25) is 0 Å². The summed E-state index contributed by atoms with van der Waals surface area (Å²) in [5.41, 5.74) is -0.560. The van der Waals surface area contributed by atoms with Crippen LogP contribution in [0.15, 0.2) is 52.3 Å². The largest absolute Gasteiger partial charge is 0.478 e. The Balaban J connectivity index is 2.48. The highest BCUT2D eigenvalue weighted by Crippen LogP contribution is 2.34. The van der Waals surface area contributed by atoms with Crippen molar-refractivity contribution >= 4 is 29.4 Å². The summed E-state index contributed by atoms with van der Waals surface area (Å²) in [5, 5.41) is 29.0. The van der Waals surface area contributed by atoms with Gasteiger partial charge in [0.1, 0.15) is 0 Å². The van der Waals surface area contributed by atoms with E-state index in [2.05, 4.69) is 0 Å². The van der Waals surface area contributed by atoms with Crippen molar-refractivity contribution in [3.8, 4) is 0 Å². The van der Waals surface area contributed by atoms with Crippen molar-refractivity contribution < 1.29 is 24.7 Å². The van der Waals surface area contributed by atoms with Crippen LogP contribution in [0.4, 0.5) is 5.69 Å². The van der Waals surface area contributed by atoms with E-state index in [1.807, 2.05) is 0 Å². The molecule has 0 unspecified atom stereocenters. The van der Waals surface area contributed by atoms with Gasteiger partial charge in [-0.2, -0.15) is 0 Å². The molecule has 0 amide bonds. The van der Waals surface area contributed by atoms with E-state index in [1.165, 1.54) is 18.2 Å². The highest BCUT2D eigenvalue weighted by Gasteiger charge is 2.18. The van der Waals surface area contributed by atoms with Crippen LogP contribution in [0.5, 0.6) is 0 Å². The van der Waals surface area contributed by atoms with Gasteiger partial charge in [0.25, 0.3) is 5.69 Å². The molecule has 0 saturated heterocycles. The Bertz CT molecular complexity index is 774. The molecule has 0 bridgehead atoms. The summed E-state index contributed by atoms with van der Waals surface area (Å²) in [7, 11) is 0. The van der Waals surface area contributed by atoms with E-state index in [-0.39, 0.29) is 21.7 Å². The third-order valence-corrected chi connectivity index (χ3v) is 3.89. The topological polar surface area (TPSA) is 118 Å². The molecule has 112 valence electrons. The average Bonchev–Trinajstić information content (AvgIpc) is 2.47. The van der Waals surface area contributed by atoms with Crippen molar-refractivity contribution in [3.05, 3.63) is 63.7 Å². The first-order valence-electron chi connectivity index (χ1n) is 5.92. The van der Waals surface area contributed by atoms with Crippen LogP contribution in [-0.4, -0.2) is 27.1 Å². The number of carbonyl (C=O) groups is 2. The highest BCUT2D eigenvalue weighted by atomic mass is 32.2. The van der Waals surface area contributed by atoms with E-state index in [0.717, 1.165) is 17.8 Å². The fraction of sp³-hybridized carbons (Fsp3) is 0. The first-order chi connectivity index (χ1) is 10.4. The quantitative estimate of drug-likeness (QED) is 0.642. The molecule has 0 aliphatic heterocycles. The molecule has 0 fully saturated rings. The summed E-state index contributed by atoms with van der Waals surface area (Å²) < 4.78 is 0. The Morgan fingerprint density at radius 3 is 2.14 bits per heavy atom. The Labute approximate surface area is 128 Å². The van der Waals surface area contributed by atoms with Crippen LogP contribution in [0.1, 0.15) is 20.7 Å². The summed E-state index contributed by atoms with van der Waals surface area (Å²) >= 11 is 0.934. The molecule has 0 aliphatic rings. The molecule has 0 radical (unpaired) electrons. The van der Waals surface area contributed by atoms with Gasteiger partial charge in [-0.25, -0.2) is 9.59 Å². The molecule has 0 saturated carbocycles. The lowest BCUT2D eigenvalue weighted by atomic mass is 10.2. The van der Waals surface area contributed by atoms with E-state index in [0.29, 0.717) is 4.90 Å². The number of aromatic carboxylic acids is 2. The average molecular weight is 319 g/mol. The lowest BCUT2D eigenvalue weighted by molar-refractivity contribution is -0.384. The van der Waals surface area contributed by atoms with Gasteiger partial charge in [0.15, 0.2) is 0 Å². The maximum absolute atomic E-state index is 11.3. The van der Waals surface area contributed by atoms with Crippen molar-refractivity contribution in [1.29, 1.82) is 0 Å². The standard InChI is InChI=1S/C14H9NO6S/c16-13(17)9-3-1-2-4-11(9)22-12-6-5-8(15(20)21)7-10(12)14(18)19/h1-7H,(H,16,17)(H,18,19). The molecule has 0 aliphatic carbocycles. The molecule has 2 rings (SSSR count). The Kier molecular flexibility index (Phi) is 4.42. The minimum Gasteiger partial charge on any atom is -0.478 e. The molecule has 0 atom stereocenters. The zero-order valence-electron chi connectivity index (χ0n) is 10.9. The van der Waals surface area contributed by atoms with Crippen LogP contribution >= 0.6 is 11.8 Å². The number of nitro groups is 1. The maximum atomic E-state index is 11.3. The third-order valence-electron chi connectivity index (χ3n) is 2.74. The summed E-state index contributed by atoms with van der Waals surface area (Å²) in [6.07, 6.45) is 0. The molecule has 0 spiro atoms. The normalized spacial score (nSPS) is 10.2. The van der Waals surface area contributed by atoms with Gasteiger partial charge in [-0.15, -0.1) is 0 Å². The summed E-state index contributed by atoms with van der Waals surface area (Å²) in [6, 6.07) is 9.55. The van der Waals surface area contributed by atoms with Crippen molar-refractivity contribution in [3.63, 3.8) is 0 Å². The van der Waals surface area contributed by atoms with Gasteiger partial charge >= 0.3 is 11.9 Å². The van der Waals surface area contributed by atoms with Crippen molar-refractivity contribution in [1.82, 2.24) is 0 Å². The first kappa shape index (κ1) is 15.5. The Morgan fingerprint density at radius 2 is 1.55 bits per heavy atom. The minimum absolute atomic E-state index is 0.0298. The Hall–Kier alpha value is -2.87. The first-order valence-corrected chi connectivity index (χ1v) is 6.73. The minimum atomic E-state index is -1.32. The number of nitro benzene ring substituents is 1. The molecular weight excluding hydrogens is 310 g/mol. The van der Waals surface area contributed by atoms with Gasteiger partial charge in [-0.05, 0) is 18.2 Å². The second-order valence-electron chi connectivity index (χ2n) is 4.15. The van der Waals surface area contributed by atoms with Crippen molar-refractivity contribution in [2.75, 3.05) is 0 Å². The molecule has 2 aromatic rings. The third kappa shape index (κ3) is 3.23. The monoisotopic (exact) mass is 319 g/mol. The Morgan fingerprint density at radius 1 is 0.955 bits per heavy atom. The van der Waals surface area contributed by atoms with E-state index in [4.69, 9.17) is 5.11 Å². The fourth-order valence-corrected chi connectivity index (χ4v) is 2.78. The molecule has 2 aromatic carbocycles. The van der Waals surface area contributed by atoms with Crippen LogP contribution in [-0.2, 0) is 0 Å². The zero-order valence-corrected chi connectivity index (χ0v) is 11.7. The molecule has 8 heteroatoms. The van der Waals surface area contributed by atoms with Gasteiger partial charge in [0.05, 0.1) is 16.1 Å². The van der Waals surface area contributed by atoms with Crippen LogP contribution < -0.4 is 0 Å². The summed E-state index contributed by atoms with van der Waals surface area (Å²) in [5.74, 6) is -2.46. The smallest absolute Gasteiger partial charge is 0.337 e. The molecule has 22 heavy (non-hydrogen) atoms. The van der Waals surface area contributed by atoms with Crippen LogP contribution in [0.25, 0.3) is 0 Å². The lowest BCUT2D eigenvalue weighted by Gasteiger charge is -2.08. The number of non-ortho nitro benzene ring substituents is 1. The number of benzene rings is 2. The molecule has 0 heterocycles. The molecule has 2 N–H and O–H groups in total. The number of rotatable bonds is 5. The van der Waals surface area contributed by atoms with Gasteiger partial charge in [0, 0.05) is 21.9 Å². The lowest BCUT2D eigenvalue weighted by Crippen LogP contribution is -2.02. The van der Waals surface area contributed by atoms with E-state index < -0.39 is 16.9 Å². The number of hydrogen-bond donors (Lipinski definition) is 2. The van der Waals surface area contributed by atoms with Crippen LogP contribution in [0.3, 0.4) is 0 Å². The number of hydrogen-bond acceptors (Lipinski definition) is 5. The van der Waals surface area contributed by atoms with E-state index in [1.54, 1.807) is 18.2 Å². The summed E-state index contributed by atoms with van der Waals surface area (Å²) in [4.78, 5) is 33.0. The number of nitrogens with zero attached hydrogens (tertiary/aromatic N) is 1. The maximum Gasteiger partial charge on any atom is 0.337 e. The van der Waals surface area contributed by atoms with Gasteiger partial charge in [-0.3, -0.25) is 10.1 Å². The second kappa shape index (κ2) is 6.27. The molecule has 7 nitrogen and oxygen atoms in total. The highest BCUT2D eigenvalue weighted by molar-refractivity contribution is 7.99. The SMILES string of the molecule is O=C(O)c1ccccc1Sc1ccc([N+](=O)[O-])cc1C(=O)O. The number of carboxylic acid groups (broad SMARTS) is 2. The van der Waals surface area contributed by atoms with Gasteiger partial charge < -0.3 is 10.2 Å². The van der Waals surface area contributed by atoms with Crippen molar-refractivity contribution in [2.24, 2.45) is 0 Å². The molecular formula is C14H9NO6S. The zero-order chi connectivity index (χ0) is 16.3. The number of carboxylic acids is 2. The summed E-state index contributed by atoms with van der Waals surface area (Å²) in [6.45, 7) is 0. The van der Waals surface area contributed by atoms with Gasteiger partial charge in [-0.1, -0.05) is 23.9 Å². The predicted octanol–water partition coefficient (Wildman–Crippen LogP) is 3.14. The van der Waals surface area contributed by atoms with Gasteiger partial charge in [0.2, 0.25) is 0 Å². The van der Waals surface area contributed by atoms with Crippen LogP contribution in [0, 0.1) is 10.1 Å². The fourth-order valence-electron chi connectivity index (χ4n) is 1.74. The second-order valence-corrected chi connectivity index (χ2v) is 5.23.